The zero-order valence-corrected chi connectivity index (χ0v) is 29.4. The molecule has 1 aliphatic carbocycles. The van der Waals surface area contributed by atoms with Crippen LogP contribution in [-0.4, -0.2) is 6.04 Å². The molecule has 0 radical (unpaired) electrons. The molecule has 4 heterocycles. The standard InChI is InChI=1S/C51H28N2O2/c52-27-28-17-43-39-21-33-11-9-29(31-13-15-49-41(23-31)37-5-1-3-7-47(37)54-49)19-35(33)25-45(39)53-46-26-36-20-30(10-12-34(36)22-40(46)44(18-28)51(43)53)32-14-16-50-42(24-32)38-6-2-4-8-48(38)55-50/h1-26,43,51H. The van der Waals surface area contributed by atoms with Crippen LogP contribution in [0.2, 0.25) is 0 Å². The first kappa shape index (κ1) is 29.1. The van der Waals surface area contributed by atoms with Crippen molar-refractivity contribution < 1.29 is 8.83 Å². The van der Waals surface area contributed by atoms with Gasteiger partial charge in [-0.05, 0) is 134 Å². The van der Waals surface area contributed by atoms with E-state index in [0.29, 0.717) is 0 Å². The van der Waals surface area contributed by atoms with E-state index in [0.717, 1.165) is 60.6 Å². The van der Waals surface area contributed by atoms with Gasteiger partial charge in [-0.15, -0.1) is 0 Å². The van der Waals surface area contributed by atoms with E-state index in [-0.39, 0.29) is 12.0 Å². The number of nitrogens with zero attached hydrogens (tertiary/aromatic N) is 2. The number of allylic oxidation sites excluding steroid dienone is 2. The average molecular weight is 701 g/mol. The number of furan rings is 2. The molecule has 0 bridgehead atoms. The van der Waals surface area contributed by atoms with Gasteiger partial charge in [0.2, 0.25) is 0 Å². The number of hydrogen-bond donors (Lipinski definition) is 0. The third-order valence-electron chi connectivity index (χ3n) is 12.3. The van der Waals surface area contributed by atoms with Crippen molar-refractivity contribution in [1.82, 2.24) is 0 Å². The van der Waals surface area contributed by atoms with Crippen LogP contribution in [0.1, 0.15) is 17.0 Å². The second kappa shape index (κ2) is 10.4. The van der Waals surface area contributed by atoms with E-state index in [4.69, 9.17) is 8.83 Å². The van der Waals surface area contributed by atoms with Gasteiger partial charge in [0.15, 0.2) is 0 Å². The molecule has 0 saturated carbocycles. The topological polar surface area (TPSA) is 53.3 Å². The molecule has 2 aliphatic heterocycles. The van der Waals surface area contributed by atoms with Gasteiger partial charge in [-0.2, -0.15) is 5.26 Å². The second-order valence-corrected chi connectivity index (χ2v) is 15.2. The SMILES string of the molecule is N#CC1=CC2c3cc4ccc(-c5ccc6oc7ccccc7c6c5)cc4cc3N3c4cc5cc(-c6ccc7oc8ccccc8c7c6)ccc5cc4C(=C1)C23. The summed E-state index contributed by atoms with van der Waals surface area (Å²) < 4.78 is 12.3. The highest BCUT2D eigenvalue weighted by molar-refractivity contribution is 6.09. The van der Waals surface area contributed by atoms with Crippen LogP contribution in [0, 0.1) is 11.3 Å². The smallest absolute Gasteiger partial charge is 0.135 e. The van der Waals surface area contributed by atoms with E-state index >= 15 is 0 Å². The number of anilines is 2. The van der Waals surface area contributed by atoms with E-state index in [9.17, 15) is 5.26 Å². The Hall–Kier alpha value is -7.35. The van der Waals surface area contributed by atoms with E-state index in [1.165, 1.54) is 60.7 Å². The number of benzene rings is 8. The van der Waals surface area contributed by atoms with Gasteiger partial charge in [0.25, 0.3) is 0 Å². The lowest BCUT2D eigenvalue weighted by atomic mass is 9.82. The molecule has 2 unspecified atom stereocenters. The monoisotopic (exact) mass is 700 g/mol. The van der Waals surface area contributed by atoms with E-state index in [1.807, 2.05) is 24.3 Å². The Morgan fingerprint density at radius 1 is 0.491 bits per heavy atom. The van der Waals surface area contributed by atoms with Crippen molar-refractivity contribution in [3.8, 4) is 28.3 Å². The molecule has 10 aromatic rings. The molecule has 0 spiro atoms. The molecule has 8 aromatic carbocycles. The minimum absolute atomic E-state index is 0.0908. The Bertz CT molecular complexity index is 3480. The summed E-state index contributed by atoms with van der Waals surface area (Å²) in [6, 6.07) is 55.0. The van der Waals surface area contributed by atoms with Crippen LogP contribution in [0.5, 0.6) is 0 Å². The molecule has 2 aromatic heterocycles. The number of para-hydroxylation sites is 2. The summed E-state index contributed by atoms with van der Waals surface area (Å²) in [6.07, 6.45) is 4.29. The largest absolute Gasteiger partial charge is 0.456 e. The van der Waals surface area contributed by atoms with Gasteiger partial charge < -0.3 is 13.7 Å². The van der Waals surface area contributed by atoms with E-state index in [2.05, 4.69) is 144 Å². The maximum atomic E-state index is 10.2. The van der Waals surface area contributed by atoms with E-state index < -0.39 is 0 Å². The van der Waals surface area contributed by atoms with Crippen molar-refractivity contribution in [2.24, 2.45) is 0 Å². The summed E-state index contributed by atoms with van der Waals surface area (Å²) in [5, 5.41) is 19.5. The van der Waals surface area contributed by atoms with Crippen molar-refractivity contribution in [3.63, 3.8) is 0 Å². The molecular weight excluding hydrogens is 673 g/mol. The van der Waals surface area contributed by atoms with Crippen LogP contribution in [-0.2, 0) is 0 Å². The Kier molecular flexibility index (Phi) is 5.51. The van der Waals surface area contributed by atoms with Crippen molar-refractivity contribution in [1.29, 1.82) is 5.26 Å². The maximum absolute atomic E-state index is 10.2. The number of hydrogen-bond acceptors (Lipinski definition) is 4. The summed E-state index contributed by atoms with van der Waals surface area (Å²) in [6.45, 7) is 0. The molecule has 3 aliphatic rings. The fraction of sp³-hybridized carbons (Fsp3) is 0.0392. The predicted octanol–water partition coefficient (Wildman–Crippen LogP) is 13.6. The molecule has 254 valence electrons. The molecule has 4 heteroatoms. The fourth-order valence-electron chi connectivity index (χ4n) is 9.74. The van der Waals surface area contributed by atoms with Gasteiger partial charge in [0, 0.05) is 44.3 Å². The normalized spacial score (nSPS) is 16.9. The van der Waals surface area contributed by atoms with Crippen LogP contribution in [0.15, 0.2) is 172 Å². The van der Waals surface area contributed by atoms with Gasteiger partial charge in [-0.3, -0.25) is 0 Å². The first-order chi connectivity index (χ1) is 27.1. The summed E-state index contributed by atoms with van der Waals surface area (Å²) >= 11 is 0. The molecule has 4 nitrogen and oxygen atoms in total. The Morgan fingerprint density at radius 3 is 1.67 bits per heavy atom. The van der Waals surface area contributed by atoms with Crippen LogP contribution in [0.4, 0.5) is 11.4 Å². The van der Waals surface area contributed by atoms with Gasteiger partial charge >= 0.3 is 0 Å². The van der Waals surface area contributed by atoms with Crippen LogP contribution >= 0.6 is 0 Å². The molecular formula is C51H28N2O2. The number of fused-ring (bicyclic) bond motifs is 14. The zero-order valence-electron chi connectivity index (χ0n) is 29.4. The number of nitriles is 1. The lowest BCUT2D eigenvalue weighted by Gasteiger charge is -2.25. The summed E-state index contributed by atoms with van der Waals surface area (Å²) in [5.41, 5.74) is 15.1. The van der Waals surface area contributed by atoms with Crippen molar-refractivity contribution in [3.05, 3.63) is 174 Å². The highest BCUT2D eigenvalue weighted by Crippen LogP contribution is 2.59. The Labute approximate surface area is 315 Å². The first-order valence-corrected chi connectivity index (χ1v) is 18.8. The minimum atomic E-state index is 0.0908. The van der Waals surface area contributed by atoms with Crippen LogP contribution in [0.3, 0.4) is 0 Å². The van der Waals surface area contributed by atoms with Crippen molar-refractivity contribution in [2.75, 3.05) is 4.90 Å². The van der Waals surface area contributed by atoms with Crippen LogP contribution in [0.25, 0.3) is 93.2 Å². The molecule has 55 heavy (non-hydrogen) atoms. The third-order valence-corrected chi connectivity index (χ3v) is 12.3. The quantitative estimate of drug-likeness (QED) is 0.180. The maximum Gasteiger partial charge on any atom is 0.135 e. The summed E-state index contributed by atoms with van der Waals surface area (Å²) in [5.74, 6) is 0.0908. The number of rotatable bonds is 2. The van der Waals surface area contributed by atoms with Gasteiger partial charge in [0.05, 0.1) is 17.8 Å². The second-order valence-electron chi connectivity index (χ2n) is 15.2. The summed E-state index contributed by atoms with van der Waals surface area (Å²) in [7, 11) is 0. The highest BCUT2D eigenvalue weighted by Gasteiger charge is 2.48. The molecule has 2 atom stereocenters. The molecule has 13 rings (SSSR count). The molecule has 0 fully saturated rings. The van der Waals surface area contributed by atoms with Crippen molar-refractivity contribution >= 4 is 82.4 Å². The first-order valence-electron chi connectivity index (χ1n) is 18.8. The average Bonchev–Trinajstić information content (AvgIpc) is 3.97. The van der Waals surface area contributed by atoms with Gasteiger partial charge in [-0.25, -0.2) is 0 Å². The minimum Gasteiger partial charge on any atom is -0.456 e. The van der Waals surface area contributed by atoms with Gasteiger partial charge in [0.1, 0.15) is 22.3 Å². The lowest BCUT2D eigenvalue weighted by Crippen LogP contribution is -2.26. The molecule has 0 saturated heterocycles. The summed E-state index contributed by atoms with van der Waals surface area (Å²) in [4.78, 5) is 2.54. The lowest BCUT2D eigenvalue weighted by molar-refractivity contribution is 0.668. The zero-order chi connectivity index (χ0) is 35.9. The molecule has 0 N–H and O–H groups in total. The van der Waals surface area contributed by atoms with Crippen molar-refractivity contribution in [2.45, 2.75) is 12.0 Å². The Morgan fingerprint density at radius 2 is 1.04 bits per heavy atom. The Balaban J connectivity index is 0.959. The van der Waals surface area contributed by atoms with E-state index in [1.54, 1.807) is 0 Å². The fourth-order valence-corrected chi connectivity index (χ4v) is 9.74. The van der Waals surface area contributed by atoms with Gasteiger partial charge in [-0.1, -0.05) is 78.9 Å². The molecule has 0 amide bonds. The predicted molar refractivity (Wildman–Crippen MR) is 224 cm³/mol. The van der Waals surface area contributed by atoms with Crippen LogP contribution < -0.4 is 4.90 Å². The third kappa shape index (κ3) is 3.99. The highest BCUT2D eigenvalue weighted by atomic mass is 16.3.